The summed E-state index contributed by atoms with van der Waals surface area (Å²) >= 11 is 0. The summed E-state index contributed by atoms with van der Waals surface area (Å²) in [5.74, 6) is -1.43. The molecule has 0 aliphatic heterocycles. The Hall–Kier alpha value is -2.81. The maximum Gasteiger partial charge on any atom is 0.416 e. The van der Waals surface area contributed by atoms with Gasteiger partial charge in [0.1, 0.15) is 0 Å². The minimum Gasteiger partial charge on any atom is -0.478 e. The van der Waals surface area contributed by atoms with Gasteiger partial charge in [-0.25, -0.2) is 4.79 Å². The van der Waals surface area contributed by atoms with Crippen LogP contribution in [0.15, 0.2) is 42.5 Å². The summed E-state index contributed by atoms with van der Waals surface area (Å²) in [5.41, 5.74) is -0.565. The number of nitriles is 1. The summed E-state index contributed by atoms with van der Waals surface area (Å²) in [4.78, 5) is 11.0. The van der Waals surface area contributed by atoms with Crippen LogP contribution >= 0.6 is 0 Å². The van der Waals surface area contributed by atoms with Gasteiger partial charge in [-0.3, -0.25) is 0 Å². The van der Waals surface area contributed by atoms with Crippen molar-refractivity contribution in [3.63, 3.8) is 0 Å². The van der Waals surface area contributed by atoms with E-state index in [0.29, 0.717) is 17.2 Å². The number of halogens is 3. The van der Waals surface area contributed by atoms with Crippen LogP contribution in [0.3, 0.4) is 0 Å². The zero-order valence-corrected chi connectivity index (χ0v) is 10.5. The predicted molar refractivity (Wildman–Crippen MR) is 68.6 cm³/mol. The van der Waals surface area contributed by atoms with E-state index in [-0.39, 0.29) is 5.56 Å². The number of aromatic carboxylic acids is 1. The maximum absolute atomic E-state index is 12.8. The van der Waals surface area contributed by atoms with E-state index in [4.69, 9.17) is 10.4 Å². The molecule has 0 fully saturated rings. The first kappa shape index (κ1) is 14.6. The zero-order valence-electron chi connectivity index (χ0n) is 10.5. The van der Waals surface area contributed by atoms with Crippen LogP contribution in [0.25, 0.3) is 11.1 Å². The number of nitrogens with zero attached hydrogens (tertiary/aromatic N) is 1. The molecule has 106 valence electrons. The number of rotatable bonds is 2. The second-order valence-electron chi connectivity index (χ2n) is 4.29. The predicted octanol–water partition coefficient (Wildman–Crippen LogP) is 3.94. The number of alkyl halides is 3. The maximum atomic E-state index is 12.8. The van der Waals surface area contributed by atoms with Crippen molar-refractivity contribution in [2.45, 2.75) is 6.18 Å². The average Bonchev–Trinajstić information content (AvgIpc) is 2.46. The molecule has 2 rings (SSSR count). The van der Waals surface area contributed by atoms with Crippen molar-refractivity contribution in [3.05, 3.63) is 59.2 Å². The monoisotopic (exact) mass is 291 g/mol. The van der Waals surface area contributed by atoms with Crippen LogP contribution in [0.5, 0.6) is 0 Å². The van der Waals surface area contributed by atoms with E-state index in [1.807, 2.05) is 6.07 Å². The van der Waals surface area contributed by atoms with Gasteiger partial charge < -0.3 is 5.11 Å². The summed E-state index contributed by atoms with van der Waals surface area (Å²) < 4.78 is 38.4. The Balaban J connectivity index is 2.59. The number of hydrogen-bond acceptors (Lipinski definition) is 2. The first-order valence-electron chi connectivity index (χ1n) is 5.77. The standard InChI is InChI=1S/C15H8F3NO2/c16-15(17,18)13-6-11(5-12(7-13)14(20)21)10-3-1-9(8-19)2-4-10/h1-7H,(H,20,21). The third-order valence-corrected chi connectivity index (χ3v) is 2.85. The molecule has 1 N–H and O–H groups in total. The van der Waals surface area contributed by atoms with Gasteiger partial charge in [0.15, 0.2) is 0 Å². The molecule has 2 aromatic carbocycles. The summed E-state index contributed by atoms with van der Waals surface area (Å²) in [6.07, 6.45) is -4.63. The molecule has 0 saturated carbocycles. The second-order valence-corrected chi connectivity index (χ2v) is 4.29. The normalized spacial score (nSPS) is 11.0. The van der Waals surface area contributed by atoms with Crippen molar-refractivity contribution in [1.82, 2.24) is 0 Å². The lowest BCUT2D eigenvalue weighted by molar-refractivity contribution is -0.137. The summed E-state index contributed by atoms with van der Waals surface area (Å²) in [7, 11) is 0. The minimum atomic E-state index is -4.63. The number of carboxylic acids is 1. The van der Waals surface area contributed by atoms with E-state index in [2.05, 4.69) is 0 Å². The highest BCUT2D eigenvalue weighted by Crippen LogP contribution is 2.33. The summed E-state index contributed by atoms with van der Waals surface area (Å²) in [6.45, 7) is 0. The van der Waals surface area contributed by atoms with Gasteiger partial charge >= 0.3 is 12.1 Å². The highest BCUT2D eigenvalue weighted by Gasteiger charge is 2.31. The molecule has 0 aliphatic carbocycles. The highest BCUT2D eigenvalue weighted by molar-refractivity contribution is 5.90. The number of hydrogen-bond donors (Lipinski definition) is 1. The van der Waals surface area contributed by atoms with Crippen LogP contribution in [0, 0.1) is 11.3 Å². The SMILES string of the molecule is N#Cc1ccc(-c2cc(C(=O)O)cc(C(F)(F)F)c2)cc1. The first-order valence-corrected chi connectivity index (χ1v) is 5.77. The first-order chi connectivity index (χ1) is 9.81. The molecule has 6 heteroatoms. The molecule has 2 aromatic rings. The molecule has 0 saturated heterocycles. The van der Waals surface area contributed by atoms with Crippen molar-refractivity contribution < 1.29 is 23.1 Å². The lowest BCUT2D eigenvalue weighted by Crippen LogP contribution is -2.08. The molecule has 0 aromatic heterocycles. The average molecular weight is 291 g/mol. The Bertz CT molecular complexity index is 728. The summed E-state index contributed by atoms with van der Waals surface area (Å²) in [6, 6.07) is 10.4. The largest absolute Gasteiger partial charge is 0.478 e. The molecule has 0 heterocycles. The van der Waals surface area contributed by atoms with Gasteiger partial charge in [0.25, 0.3) is 0 Å². The van der Waals surface area contributed by atoms with Crippen LogP contribution in [-0.4, -0.2) is 11.1 Å². The second kappa shape index (κ2) is 5.29. The van der Waals surface area contributed by atoms with Gasteiger partial charge in [-0.1, -0.05) is 12.1 Å². The Morgan fingerprint density at radius 1 is 1.05 bits per heavy atom. The Morgan fingerprint density at radius 2 is 1.67 bits per heavy atom. The van der Waals surface area contributed by atoms with Crippen LogP contribution in [0.4, 0.5) is 13.2 Å². The number of carbonyl (C=O) groups is 1. The van der Waals surface area contributed by atoms with Crippen LogP contribution in [0.1, 0.15) is 21.5 Å². The van der Waals surface area contributed by atoms with Crippen molar-refractivity contribution in [3.8, 4) is 17.2 Å². The molecular weight excluding hydrogens is 283 g/mol. The van der Waals surface area contributed by atoms with Crippen molar-refractivity contribution in [2.24, 2.45) is 0 Å². The van der Waals surface area contributed by atoms with Gasteiger partial charge in [0.05, 0.1) is 22.8 Å². The van der Waals surface area contributed by atoms with Crippen LogP contribution < -0.4 is 0 Å². The molecule has 21 heavy (non-hydrogen) atoms. The Kier molecular flexibility index (Phi) is 3.68. The summed E-state index contributed by atoms with van der Waals surface area (Å²) in [5, 5.41) is 17.6. The smallest absolute Gasteiger partial charge is 0.416 e. The van der Waals surface area contributed by atoms with Gasteiger partial charge in [0, 0.05) is 0 Å². The van der Waals surface area contributed by atoms with E-state index < -0.39 is 23.3 Å². The molecule has 0 radical (unpaired) electrons. The van der Waals surface area contributed by atoms with E-state index >= 15 is 0 Å². The number of carboxylic acid groups (broad SMARTS) is 1. The Morgan fingerprint density at radius 3 is 2.14 bits per heavy atom. The minimum absolute atomic E-state index is 0.131. The van der Waals surface area contributed by atoms with Crippen LogP contribution in [-0.2, 0) is 6.18 Å². The van der Waals surface area contributed by atoms with Crippen molar-refractivity contribution in [2.75, 3.05) is 0 Å². The molecule has 0 bridgehead atoms. The van der Waals surface area contributed by atoms with Gasteiger partial charge in [-0.2, -0.15) is 18.4 Å². The van der Waals surface area contributed by atoms with E-state index in [0.717, 1.165) is 6.07 Å². The zero-order chi connectivity index (χ0) is 15.6. The fourth-order valence-corrected chi connectivity index (χ4v) is 1.82. The van der Waals surface area contributed by atoms with E-state index in [9.17, 15) is 18.0 Å². The van der Waals surface area contributed by atoms with Gasteiger partial charge in [-0.15, -0.1) is 0 Å². The lowest BCUT2D eigenvalue weighted by atomic mass is 9.98. The molecule has 0 atom stereocenters. The molecule has 3 nitrogen and oxygen atoms in total. The quantitative estimate of drug-likeness (QED) is 0.911. The van der Waals surface area contributed by atoms with E-state index in [1.165, 1.54) is 30.3 Å². The highest BCUT2D eigenvalue weighted by atomic mass is 19.4. The molecule has 0 spiro atoms. The number of benzene rings is 2. The fourth-order valence-electron chi connectivity index (χ4n) is 1.82. The molecule has 0 unspecified atom stereocenters. The molecule has 0 amide bonds. The third kappa shape index (κ3) is 3.20. The third-order valence-electron chi connectivity index (χ3n) is 2.85. The molecule has 0 aliphatic rings. The van der Waals surface area contributed by atoms with Crippen molar-refractivity contribution in [1.29, 1.82) is 5.26 Å². The van der Waals surface area contributed by atoms with Crippen molar-refractivity contribution >= 4 is 5.97 Å². The fraction of sp³-hybridized carbons (Fsp3) is 0.0667. The van der Waals surface area contributed by atoms with Gasteiger partial charge in [-0.05, 0) is 41.5 Å². The molecular formula is C15H8F3NO2. The van der Waals surface area contributed by atoms with E-state index in [1.54, 1.807) is 0 Å². The topological polar surface area (TPSA) is 61.1 Å². The lowest BCUT2D eigenvalue weighted by Gasteiger charge is -2.11. The van der Waals surface area contributed by atoms with Gasteiger partial charge in [0.2, 0.25) is 0 Å². The van der Waals surface area contributed by atoms with Crippen LogP contribution in [0.2, 0.25) is 0 Å². The Labute approximate surface area is 117 Å².